The van der Waals surface area contributed by atoms with Crippen molar-refractivity contribution >= 4 is 27.5 Å². The van der Waals surface area contributed by atoms with Crippen LogP contribution in [0.5, 0.6) is 0 Å². The van der Waals surface area contributed by atoms with Crippen molar-refractivity contribution in [2.24, 2.45) is 5.92 Å². The molecule has 1 amide bonds. The molecule has 1 aliphatic heterocycles. The van der Waals surface area contributed by atoms with E-state index >= 15 is 0 Å². The number of alkyl halides is 2. The van der Waals surface area contributed by atoms with Crippen molar-refractivity contribution in [1.82, 2.24) is 0 Å². The van der Waals surface area contributed by atoms with Gasteiger partial charge >= 0.3 is 11.8 Å². The summed E-state index contributed by atoms with van der Waals surface area (Å²) in [6.45, 7) is 0.420. The fourth-order valence-electron chi connectivity index (χ4n) is 2.50. The zero-order valence-electron chi connectivity index (χ0n) is 9.63. The maximum Gasteiger partial charge on any atom is 0.352 e. The third kappa shape index (κ3) is 1.67. The summed E-state index contributed by atoms with van der Waals surface area (Å²) in [5.74, 6) is -4.09. The first kappa shape index (κ1) is 12.1. The zero-order chi connectivity index (χ0) is 12.9. The summed E-state index contributed by atoms with van der Waals surface area (Å²) in [5, 5.41) is 0. The van der Waals surface area contributed by atoms with Gasteiger partial charge in [0, 0.05) is 11.0 Å². The van der Waals surface area contributed by atoms with Gasteiger partial charge in [0.1, 0.15) is 0 Å². The monoisotopic (exact) mass is 315 g/mol. The second-order valence-corrected chi connectivity index (χ2v) is 5.86. The van der Waals surface area contributed by atoms with Gasteiger partial charge < -0.3 is 4.90 Å². The molecule has 1 fully saturated rings. The highest BCUT2D eigenvalue weighted by atomic mass is 79.9. The molecule has 0 aromatic heterocycles. The topological polar surface area (TPSA) is 20.3 Å². The van der Waals surface area contributed by atoms with Gasteiger partial charge in [-0.2, -0.15) is 8.78 Å². The highest BCUT2D eigenvalue weighted by Gasteiger charge is 2.53. The molecule has 0 saturated heterocycles. The number of fused-ring (bicyclic) bond motifs is 1. The molecule has 0 N–H and O–H groups in total. The predicted molar refractivity (Wildman–Crippen MR) is 67.7 cm³/mol. The minimum absolute atomic E-state index is 0.179. The van der Waals surface area contributed by atoms with Crippen LogP contribution in [0.1, 0.15) is 24.8 Å². The van der Waals surface area contributed by atoms with Gasteiger partial charge in [0.15, 0.2) is 0 Å². The Balaban J connectivity index is 1.99. The molecular formula is C13H12BrF2NO. The Morgan fingerprint density at radius 1 is 1.39 bits per heavy atom. The Bertz CT molecular complexity index is 514. The van der Waals surface area contributed by atoms with Gasteiger partial charge in [-0.05, 0) is 37.0 Å². The lowest BCUT2D eigenvalue weighted by Gasteiger charge is -2.30. The van der Waals surface area contributed by atoms with Gasteiger partial charge in [0.25, 0.3) is 0 Å². The number of nitrogens with zero attached hydrogens (tertiary/aromatic N) is 1. The summed E-state index contributed by atoms with van der Waals surface area (Å²) < 4.78 is 28.4. The number of carbonyl (C=O) groups excluding carboxylic acids is 1. The first-order valence-electron chi connectivity index (χ1n) is 6.00. The zero-order valence-corrected chi connectivity index (χ0v) is 11.2. The van der Waals surface area contributed by atoms with E-state index in [0.717, 1.165) is 19.3 Å². The lowest BCUT2D eigenvalue weighted by atomic mass is 9.85. The van der Waals surface area contributed by atoms with Crippen molar-refractivity contribution < 1.29 is 13.6 Å². The van der Waals surface area contributed by atoms with Gasteiger partial charge in [-0.3, -0.25) is 4.79 Å². The minimum atomic E-state index is -3.39. The second kappa shape index (κ2) is 4.02. The molecule has 96 valence electrons. The van der Waals surface area contributed by atoms with Crippen LogP contribution >= 0.6 is 15.9 Å². The fourth-order valence-corrected chi connectivity index (χ4v) is 2.87. The fraction of sp³-hybridized carbons (Fsp3) is 0.462. The van der Waals surface area contributed by atoms with Crippen LogP contribution in [0.15, 0.2) is 22.7 Å². The first-order chi connectivity index (χ1) is 8.50. The number of hydrogen-bond donors (Lipinski definition) is 0. The maximum absolute atomic E-state index is 13.9. The molecule has 0 atom stereocenters. The summed E-state index contributed by atoms with van der Waals surface area (Å²) in [6, 6.07) is 4.63. The molecule has 0 bridgehead atoms. The van der Waals surface area contributed by atoms with E-state index in [2.05, 4.69) is 15.9 Å². The Morgan fingerprint density at radius 2 is 2.11 bits per heavy atom. The summed E-state index contributed by atoms with van der Waals surface area (Å²) >= 11 is 3.17. The molecule has 5 heteroatoms. The highest BCUT2D eigenvalue weighted by Crippen LogP contribution is 2.46. The number of halogens is 3. The van der Waals surface area contributed by atoms with Gasteiger partial charge in [-0.25, -0.2) is 0 Å². The van der Waals surface area contributed by atoms with Crippen molar-refractivity contribution in [3.63, 3.8) is 0 Å². The number of rotatable bonds is 2. The summed E-state index contributed by atoms with van der Waals surface area (Å²) in [4.78, 5) is 13.1. The SMILES string of the molecule is O=C1N(CC2CCC2)c2ccc(Br)cc2C1(F)F. The van der Waals surface area contributed by atoms with Crippen molar-refractivity contribution in [3.05, 3.63) is 28.2 Å². The van der Waals surface area contributed by atoms with Crippen LogP contribution < -0.4 is 4.90 Å². The number of hydrogen-bond acceptors (Lipinski definition) is 1. The van der Waals surface area contributed by atoms with Crippen LogP contribution in [-0.4, -0.2) is 12.5 Å². The molecular weight excluding hydrogens is 304 g/mol. The quantitative estimate of drug-likeness (QED) is 0.815. The van der Waals surface area contributed by atoms with E-state index in [1.807, 2.05) is 0 Å². The van der Waals surface area contributed by atoms with E-state index in [4.69, 9.17) is 0 Å². The Labute approximate surface area is 112 Å². The smallest absolute Gasteiger partial charge is 0.306 e. The lowest BCUT2D eigenvalue weighted by Crippen LogP contribution is -2.39. The van der Waals surface area contributed by atoms with Crippen LogP contribution in [-0.2, 0) is 10.7 Å². The molecule has 0 radical (unpaired) electrons. The van der Waals surface area contributed by atoms with Gasteiger partial charge in [-0.1, -0.05) is 22.4 Å². The average molecular weight is 316 g/mol. The van der Waals surface area contributed by atoms with E-state index in [-0.39, 0.29) is 5.56 Å². The average Bonchev–Trinajstić information content (AvgIpc) is 2.44. The standard InChI is InChI=1S/C13H12BrF2NO/c14-9-4-5-11-10(6-9)13(15,16)12(18)17(11)7-8-2-1-3-8/h4-6,8H,1-3,7H2. The normalized spacial score (nSPS) is 21.9. The molecule has 0 unspecified atom stereocenters. The minimum Gasteiger partial charge on any atom is -0.306 e. The molecule has 1 aromatic rings. The number of amides is 1. The Morgan fingerprint density at radius 3 is 2.72 bits per heavy atom. The van der Waals surface area contributed by atoms with Gasteiger partial charge in [0.05, 0.1) is 11.3 Å². The summed E-state index contributed by atoms with van der Waals surface area (Å²) in [6.07, 6.45) is 3.19. The van der Waals surface area contributed by atoms with Crippen molar-refractivity contribution in [3.8, 4) is 0 Å². The molecule has 1 aromatic carbocycles. The molecule has 1 heterocycles. The Kier molecular flexibility index (Phi) is 2.70. The van der Waals surface area contributed by atoms with Crippen LogP contribution in [0, 0.1) is 5.92 Å². The number of carbonyl (C=O) groups is 1. The molecule has 1 saturated carbocycles. The Hall–Kier alpha value is -0.970. The molecule has 2 aliphatic rings. The number of benzene rings is 1. The van der Waals surface area contributed by atoms with Crippen LogP contribution in [0.3, 0.4) is 0 Å². The van der Waals surface area contributed by atoms with E-state index in [1.165, 1.54) is 11.0 Å². The van der Waals surface area contributed by atoms with Gasteiger partial charge in [0.2, 0.25) is 0 Å². The molecule has 3 rings (SSSR count). The van der Waals surface area contributed by atoms with E-state index in [0.29, 0.717) is 22.6 Å². The largest absolute Gasteiger partial charge is 0.352 e. The third-order valence-corrected chi connectivity index (χ3v) is 4.26. The highest BCUT2D eigenvalue weighted by molar-refractivity contribution is 9.10. The predicted octanol–water partition coefficient (Wildman–Crippen LogP) is 3.69. The van der Waals surface area contributed by atoms with Crippen LogP contribution in [0.25, 0.3) is 0 Å². The molecule has 0 spiro atoms. The van der Waals surface area contributed by atoms with E-state index in [1.54, 1.807) is 12.1 Å². The molecule has 2 nitrogen and oxygen atoms in total. The van der Waals surface area contributed by atoms with Crippen molar-refractivity contribution in [1.29, 1.82) is 0 Å². The summed E-state index contributed by atoms with van der Waals surface area (Å²) in [7, 11) is 0. The summed E-state index contributed by atoms with van der Waals surface area (Å²) in [5.41, 5.74) is 0.182. The van der Waals surface area contributed by atoms with E-state index in [9.17, 15) is 13.6 Å². The van der Waals surface area contributed by atoms with Crippen LogP contribution in [0.4, 0.5) is 14.5 Å². The number of anilines is 1. The van der Waals surface area contributed by atoms with Crippen molar-refractivity contribution in [2.75, 3.05) is 11.4 Å². The molecule has 18 heavy (non-hydrogen) atoms. The first-order valence-corrected chi connectivity index (χ1v) is 6.79. The van der Waals surface area contributed by atoms with Crippen molar-refractivity contribution in [2.45, 2.75) is 25.2 Å². The van der Waals surface area contributed by atoms with E-state index < -0.39 is 11.8 Å². The third-order valence-electron chi connectivity index (χ3n) is 3.77. The maximum atomic E-state index is 13.9. The van der Waals surface area contributed by atoms with Gasteiger partial charge in [-0.15, -0.1) is 0 Å². The second-order valence-electron chi connectivity index (χ2n) is 4.95. The molecule has 1 aliphatic carbocycles. The van der Waals surface area contributed by atoms with Crippen LogP contribution in [0.2, 0.25) is 0 Å². The lowest BCUT2D eigenvalue weighted by molar-refractivity contribution is -0.141.